The first-order chi connectivity index (χ1) is 8.56. The maximum Gasteiger partial charge on any atom is 0.240 e. The van der Waals surface area contributed by atoms with Crippen molar-refractivity contribution in [3.05, 3.63) is 28.7 Å². The first-order valence-corrected chi connectivity index (χ1v) is 6.68. The van der Waals surface area contributed by atoms with Crippen LogP contribution < -0.4 is 10.2 Å². The molecule has 0 heterocycles. The van der Waals surface area contributed by atoms with Gasteiger partial charge in [0.1, 0.15) is 6.54 Å². The number of carbonyl (C=O) groups excluding carboxylic acids is 2. The molecule has 1 aliphatic rings. The lowest BCUT2D eigenvalue weighted by Crippen LogP contribution is -2.40. The Labute approximate surface area is 114 Å². The van der Waals surface area contributed by atoms with Gasteiger partial charge in [-0.3, -0.25) is 9.59 Å². The van der Waals surface area contributed by atoms with Gasteiger partial charge < -0.3 is 10.2 Å². The third-order valence-electron chi connectivity index (χ3n) is 2.76. The Hall–Kier alpha value is -1.36. The van der Waals surface area contributed by atoms with Crippen LogP contribution in [0.15, 0.2) is 28.7 Å². The van der Waals surface area contributed by atoms with E-state index in [4.69, 9.17) is 0 Å². The first kappa shape index (κ1) is 13.1. The van der Waals surface area contributed by atoms with Crippen molar-refractivity contribution >= 4 is 33.4 Å². The minimum absolute atomic E-state index is 0.0769. The standard InChI is InChI=1S/C13H15BrN2O2/c1-9(17)16(8-13(18)15-11-4-5-11)12-6-2-10(14)3-7-12/h2-3,6-7,11H,4-5,8H2,1H3,(H,15,18). The second-order valence-corrected chi connectivity index (χ2v) is 5.34. The highest BCUT2D eigenvalue weighted by molar-refractivity contribution is 9.10. The molecule has 1 aromatic carbocycles. The zero-order valence-corrected chi connectivity index (χ0v) is 11.7. The summed E-state index contributed by atoms with van der Waals surface area (Å²) in [6.45, 7) is 1.54. The summed E-state index contributed by atoms with van der Waals surface area (Å²) in [7, 11) is 0. The van der Waals surface area contributed by atoms with Gasteiger partial charge in [-0.25, -0.2) is 0 Å². The van der Waals surface area contributed by atoms with E-state index in [1.54, 1.807) is 0 Å². The smallest absolute Gasteiger partial charge is 0.240 e. The molecule has 5 heteroatoms. The predicted molar refractivity (Wildman–Crippen MR) is 73.3 cm³/mol. The number of rotatable bonds is 4. The summed E-state index contributed by atoms with van der Waals surface area (Å²) in [5, 5.41) is 2.88. The van der Waals surface area contributed by atoms with Gasteiger partial charge in [-0.2, -0.15) is 0 Å². The summed E-state index contributed by atoms with van der Waals surface area (Å²) in [4.78, 5) is 24.8. The number of anilines is 1. The van der Waals surface area contributed by atoms with E-state index in [-0.39, 0.29) is 18.4 Å². The Balaban J connectivity index is 2.04. The molecule has 0 radical (unpaired) electrons. The van der Waals surface area contributed by atoms with E-state index in [9.17, 15) is 9.59 Å². The molecule has 2 amide bonds. The molecule has 1 saturated carbocycles. The fourth-order valence-corrected chi connectivity index (χ4v) is 1.91. The molecule has 96 valence electrons. The number of nitrogens with one attached hydrogen (secondary N) is 1. The molecule has 1 N–H and O–H groups in total. The summed E-state index contributed by atoms with van der Waals surface area (Å²) in [6, 6.07) is 7.65. The summed E-state index contributed by atoms with van der Waals surface area (Å²) in [5.41, 5.74) is 0.733. The van der Waals surface area contributed by atoms with Crippen molar-refractivity contribution in [2.75, 3.05) is 11.4 Å². The van der Waals surface area contributed by atoms with Gasteiger partial charge in [-0.05, 0) is 37.1 Å². The van der Waals surface area contributed by atoms with Crippen LogP contribution in [0.3, 0.4) is 0 Å². The second kappa shape index (κ2) is 5.52. The van der Waals surface area contributed by atoms with Gasteiger partial charge in [0.25, 0.3) is 0 Å². The SMILES string of the molecule is CC(=O)N(CC(=O)NC1CC1)c1ccc(Br)cc1. The van der Waals surface area contributed by atoms with Gasteiger partial charge in [-0.1, -0.05) is 15.9 Å². The van der Waals surface area contributed by atoms with E-state index in [0.29, 0.717) is 6.04 Å². The lowest BCUT2D eigenvalue weighted by Gasteiger charge is -2.20. The molecule has 1 aliphatic carbocycles. The summed E-state index contributed by atoms with van der Waals surface area (Å²) >= 11 is 3.34. The highest BCUT2D eigenvalue weighted by atomic mass is 79.9. The maximum atomic E-state index is 11.7. The van der Waals surface area contributed by atoms with Crippen molar-refractivity contribution in [3.63, 3.8) is 0 Å². The molecule has 2 rings (SSSR count). The molecule has 0 saturated heterocycles. The summed E-state index contributed by atoms with van der Waals surface area (Å²) in [5.74, 6) is -0.237. The van der Waals surface area contributed by atoms with Crippen molar-refractivity contribution < 1.29 is 9.59 Å². The Kier molecular flexibility index (Phi) is 4.01. The number of carbonyl (C=O) groups is 2. The predicted octanol–water partition coefficient (Wildman–Crippen LogP) is 2.08. The van der Waals surface area contributed by atoms with E-state index in [1.807, 2.05) is 24.3 Å². The van der Waals surface area contributed by atoms with Crippen LogP contribution in [0, 0.1) is 0 Å². The number of hydrogen-bond donors (Lipinski definition) is 1. The number of amides is 2. The Bertz CT molecular complexity index is 455. The van der Waals surface area contributed by atoms with Crippen molar-refractivity contribution in [3.8, 4) is 0 Å². The van der Waals surface area contributed by atoms with Gasteiger partial charge in [0.15, 0.2) is 0 Å². The van der Waals surface area contributed by atoms with E-state index in [2.05, 4.69) is 21.2 Å². The quantitative estimate of drug-likeness (QED) is 0.925. The zero-order chi connectivity index (χ0) is 13.1. The Morgan fingerprint density at radius 3 is 2.44 bits per heavy atom. The number of hydrogen-bond acceptors (Lipinski definition) is 2. The van der Waals surface area contributed by atoms with Gasteiger partial charge >= 0.3 is 0 Å². The van der Waals surface area contributed by atoms with E-state index >= 15 is 0 Å². The lowest BCUT2D eigenvalue weighted by atomic mass is 10.3. The summed E-state index contributed by atoms with van der Waals surface area (Å²) in [6.07, 6.45) is 2.09. The molecular weight excluding hydrogens is 296 g/mol. The van der Waals surface area contributed by atoms with Gasteiger partial charge in [0.2, 0.25) is 11.8 Å². The van der Waals surface area contributed by atoms with Gasteiger partial charge in [-0.15, -0.1) is 0 Å². The molecule has 1 fully saturated rings. The third-order valence-corrected chi connectivity index (χ3v) is 3.29. The van der Waals surface area contributed by atoms with Crippen LogP contribution in [0.1, 0.15) is 19.8 Å². The number of benzene rings is 1. The molecule has 4 nitrogen and oxygen atoms in total. The largest absolute Gasteiger partial charge is 0.352 e. The normalized spacial score (nSPS) is 14.1. The van der Waals surface area contributed by atoms with Crippen LogP contribution in [-0.4, -0.2) is 24.4 Å². The third kappa shape index (κ3) is 3.57. The molecule has 0 atom stereocenters. The average molecular weight is 311 g/mol. The van der Waals surface area contributed by atoms with E-state index in [1.165, 1.54) is 11.8 Å². The van der Waals surface area contributed by atoms with Crippen LogP contribution >= 0.6 is 15.9 Å². The van der Waals surface area contributed by atoms with E-state index < -0.39 is 0 Å². The molecule has 0 unspecified atom stereocenters. The van der Waals surface area contributed by atoms with Crippen LogP contribution in [0.4, 0.5) is 5.69 Å². The van der Waals surface area contributed by atoms with Crippen molar-refractivity contribution in [2.45, 2.75) is 25.8 Å². The Morgan fingerprint density at radius 1 is 1.33 bits per heavy atom. The van der Waals surface area contributed by atoms with E-state index in [0.717, 1.165) is 23.0 Å². The van der Waals surface area contributed by atoms with Crippen LogP contribution in [0.5, 0.6) is 0 Å². The minimum Gasteiger partial charge on any atom is -0.352 e. The molecule has 0 bridgehead atoms. The molecular formula is C13H15BrN2O2. The highest BCUT2D eigenvalue weighted by Crippen LogP contribution is 2.20. The lowest BCUT2D eigenvalue weighted by molar-refractivity contribution is -0.123. The number of halogens is 1. The molecule has 0 spiro atoms. The number of nitrogens with zero attached hydrogens (tertiary/aromatic N) is 1. The minimum atomic E-state index is -0.136. The maximum absolute atomic E-state index is 11.7. The van der Waals surface area contributed by atoms with Crippen molar-refractivity contribution in [1.29, 1.82) is 0 Å². The van der Waals surface area contributed by atoms with Crippen LogP contribution in [0.2, 0.25) is 0 Å². The van der Waals surface area contributed by atoms with Gasteiger partial charge in [0.05, 0.1) is 0 Å². The topological polar surface area (TPSA) is 49.4 Å². The van der Waals surface area contributed by atoms with Gasteiger partial charge in [0, 0.05) is 23.1 Å². The molecule has 0 aliphatic heterocycles. The van der Waals surface area contributed by atoms with Crippen molar-refractivity contribution in [2.24, 2.45) is 0 Å². The van der Waals surface area contributed by atoms with Crippen LogP contribution in [-0.2, 0) is 9.59 Å². The Morgan fingerprint density at radius 2 is 1.94 bits per heavy atom. The highest BCUT2D eigenvalue weighted by Gasteiger charge is 2.24. The molecule has 18 heavy (non-hydrogen) atoms. The summed E-state index contributed by atoms with van der Waals surface area (Å²) < 4.78 is 0.942. The monoisotopic (exact) mass is 310 g/mol. The average Bonchev–Trinajstić information content (AvgIpc) is 3.11. The fraction of sp³-hybridized carbons (Fsp3) is 0.385. The zero-order valence-electron chi connectivity index (χ0n) is 10.1. The van der Waals surface area contributed by atoms with Crippen molar-refractivity contribution in [1.82, 2.24) is 5.32 Å². The fourth-order valence-electron chi connectivity index (χ4n) is 1.65. The molecule has 1 aromatic rings. The first-order valence-electron chi connectivity index (χ1n) is 5.89. The van der Waals surface area contributed by atoms with Crippen LogP contribution in [0.25, 0.3) is 0 Å². The molecule has 0 aromatic heterocycles. The second-order valence-electron chi connectivity index (χ2n) is 4.42.